The molecule has 1 aliphatic carbocycles. The molecule has 1 aromatic carbocycles. The summed E-state index contributed by atoms with van der Waals surface area (Å²) in [7, 11) is 1.56. The zero-order chi connectivity index (χ0) is 13.0. The molecule has 0 heterocycles. The molecule has 0 atom stereocenters. The predicted octanol–water partition coefficient (Wildman–Crippen LogP) is 1.87. The van der Waals surface area contributed by atoms with Crippen LogP contribution >= 0.6 is 0 Å². The summed E-state index contributed by atoms with van der Waals surface area (Å²) in [5, 5.41) is 19.3. The topological polar surface area (TPSA) is 58.9 Å². The van der Waals surface area contributed by atoms with Gasteiger partial charge in [0.05, 0.1) is 19.3 Å². The molecule has 2 rings (SSSR count). The van der Waals surface area contributed by atoms with Crippen LogP contribution in [0.2, 0.25) is 0 Å². The zero-order valence-corrected chi connectivity index (χ0v) is 10.7. The van der Waals surface area contributed by atoms with Crippen LogP contribution in [0.4, 0.5) is 0 Å². The summed E-state index contributed by atoms with van der Waals surface area (Å²) in [6, 6.07) is 5.30. The molecule has 0 amide bonds. The Kier molecular flexibility index (Phi) is 4.09. The Morgan fingerprint density at radius 3 is 2.56 bits per heavy atom. The monoisotopic (exact) mass is 252 g/mol. The molecule has 0 spiro atoms. The van der Waals surface area contributed by atoms with Crippen LogP contribution in [0.25, 0.3) is 0 Å². The van der Waals surface area contributed by atoms with Gasteiger partial charge in [-0.25, -0.2) is 0 Å². The Labute approximate surface area is 107 Å². The lowest BCUT2D eigenvalue weighted by Gasteiger charge is -2.23. The van der Waals surface area contributed by atoms with E-state index in [0.717, 1.165) is 31.2 Å². The highest BCUT2D eigenvalue weighted by molar-refractivity contribution is 5.42. The highest BCUT2D eigenvalue weighted by Gasteiger charge is 2.32. The van der Waals surface area contributed by atoms with E-state index in [0.29, 0.717) is 18.1 Å². The van der Waals surface area contributed by atoms with Crippen molar-refractivity contribution in [2.24, 2.45) is 0 Å². The third kappa shape index (κ3) is 2.94. The summed E-state index contributed by atoms with van der Waals surface area (Å²) in [6.07, 6.45) is 3.70. The first-order valence-electron chi connectivity index (χ1n) is 6.30. The number of hydrogen-bond acceptors (Lipinski definition) is 4. The van der Waals surface area contributed by atoms with E-state index in [4.69, 9.17) is 14.6 Å². The smallest absolute Gasteiger partial charge is 0.161 e. The van der Waals surface area contributed by atoms with Crippen LogP contribution in [0.15, 0.2) is 18.2 Å². The average Bonchev–Trinajstić information content (AvgIpc) is 2.83. The van der Waals surface area contributed by atoms with Gasteiger partial charge in [0.25, 0.3) is 0 Å². The first-order valence-corrected chi connectivity index (χ1v) is 6.30. The molecule has 0 unspecified atom stereocenters. The van der Waals surface area contributed by atoms with Crippen LogP contribution in [0, 0.1) is 0 Å². The van der Waals surface area contributed by atoms with Crippen molar-refractivity contribution in [2.45, 2.75) is 37.9 Å². The Morgan fingerprint density at radius 2 is 1.94 bits per heavy atom. The lowest BCUT2D eigenvalue weighted by molar-refractivity contribution is 0.000720. The Hall–Kier alpha value is -1.26. The summed E-state index contributed by atoms with van der Waals surface area (Å²) in [5.74, 6) is 1.19. The van der Waals surface area contributed by atoms with Crippen LogP contribution in [-0.2, 0) is 6.61 Å². The van der Waals surface area contributed by atoms with E-state index in [9.17, 15) is 5.11 Å². The molecule has 0 radical (unpaired) electrons. The summed E-state index contributed by atoms with van der Waals surface area (Å²) in [6.45, 7) is 0.266. The number of rotatable bonds is 5. The molecule has 2 N–H and O–H groups in total. The molecule has 4 heteroatoms. The summed E-state index contributed by atoms with van der Waals surface area (Å²) >= 11 is 0. The van der Waals surface area contributed by atoms with Crippen LogP contribution in [0.1, 0.15) is 31.2 Å². The van der Waals surface area contributed by atoms with Gasteiger partial charge in [-0.2, -0.15) is 0 Å². The molecule has 18 heavy (non-hydrogen) atoms. The van der Waals surface area contributed by atoms with Gasteiger partial charge in [0.1, 0.15) is 6.61 Å². The van der Waals surface area contributed by atoms with Crippen LogP contribution in [-0.4, -0.2) is 29.5 Å². The molecular formula is C14H20O4. The normalized spacial score (nSPS) is 17.7. The highest BCUT2D eigenvalue weighted by atomic mass is 16.5. The molecular weight excluding hydrogens is 232 g/mol. The molecule has 100 valence electrons. The third-order valence-corrected chi connectivity index (χ3v) is 3.44. The van der Waals surface area contributed by atoms with Gasteiger partial charge in [0.2, 0.25) is 0 Å². The fraction of sp³-hybridized carbons (Fsp3) is 0.571. The maximum atomic E-state index is 10.2. The van der Waals surface area contributed by atoms with Gasteiger partial charge in [0, 0.05) is 0 Å². The van der Waals surface area contributed by atoms with E-state index < -0.39 is 5.60 Å². The molecule has 1 aromatic rings. The Morgan fingerprint density at radius 1 is 1.22 bits per heavy atom. The number of ether oxygens (including phenoxy) is 2. The Balaban J connectivity index is 2.04. The first-order chi connectivity index (χ1) is 8.67. The van der Waals surface area contributed by atoms with Gasteiger partial charge in [-0.05, 0) is 30.5 Å². The van der Waals surface area contributed by atoms with Crippen molar-refractivity contribution < 1.29 is 19.7 Å². The van der Waals surface area contributed by atoms with Crippen molar-refractivity contribution >= 4 is 0 Å². The highest BCUT2D eigenvalue weighted by Crippen LogP contribution is 2.33. The Bertz CT molecular complexity index is 397. The minimum atomic E-state index is -0.694. The summed E-state index contributed by atoms with van der Waals surface area (Å²) < 4.78 is 10.9. The molecule has 1 saturated carbocycles. The summed E-state index contributed by atoms with van der Waals surface area (Å²) in [5.41, 5.74) is 0.0829. The van der Waals surface area contributed by atoms with E-state index in [1.54, 1.807) is 25.3 Å². The molecule has 0 aliphatic heterocycles. The number of aliphatic hydroxyl groups excluding tert-OH is 1. The van der Waals surface area contributed by atoms with Crippen LogP contribution < -0.4 is 9.47 Å². The van der Waals surface area contributed by atoms with E-state index >= 15 is 0 Å². The second-order valence-electron chi connectivity index (χ2n) is 4.86. The van der Waals surface area contributed by atoms with Crippen molar-refractivity contribution in [3.63, 3.8) is 0 Å². The van der Waals surface area contributed by atoms with E-state index in [-0.39, 0.29) is 6.61 Å². The predicted molar refractivity (Wildman–Crippen MR) is 67.8 cm³/mol. The minimum absolute atomic E-state index is 0.0272. The first kappa shape index (κ1) is 13.2. The minimum Gasteiger partial charge on any atom is -0.493 e. The van der Waals surface area contributed by atoms with E-state index in [1.165, 1.54) is 0 Å². The third-order valence-electron chi connectivity index (χ3n) is 3.44. The fourth-order valence-corrected chi connectivity index (χ4v) is 2.32. The lowest BCUT2D eigenvalue weighted by atomic mass is 10.0. The van der Waals surface area contributed by atoms with Crippen LogP contribution in [0.5, 0.6) is 11.5 Å². The largest absolute Gasteiger partial charge is 0.493 e. The molecule has 1 fully saturated rings. The van der Waals surface area contributed by atoms with Gasteiger partial charge in [-0.15, -0.1) is 0 Å². The number of hydrogen-bond donors (Lipinski definition) is 2. The quantitative estimate of drug-likeness (QED) is 0.840. The maximum Gasteiger partial charge on any atom is 0.161 e. The van der Waals surface area contributed by atoms with E-state index in [1.807, 2.05) is 0 Å². The number of benzene rings is 1. The standard InChI is InChI=1S/C14H20O4/c1-17-13-8-11(9-15)4-5-12(13)18-10-14(16)6-2-3-7-14/h4-5,8,15-16H,2-3,6-7,9-10H2,1H3. The number of aliphatic hydroxyl groups is 2. The van der Waals surface area contributed by atoms with Crippen LogP contribution in [0.3, 0.4) is 0 Å². The second-order valence-corrected chi connectivity index (χ2v) is 4.86. The van der Waals surface area contributed by atoms with E-state index in [2.05, 4.69) is 0 Å². The average molecular weight is 252 g/mol. The lowest BCUT2D eigenvalue weighted by Crippen LogP contribution is -2.32. The van der Waals surface area contributed by atoms with Gasteiger partial charge in [-0.1, -0.05) is 18.9 Å². The molecule has 4 nitrogen and oxygen atoms in total. The maximum absolute atomic E-state index is 10.2. The van der Waals surface area contributed by atoms with Crippen molar-refractivity contribution in [1.29, 1.82) is 0 Å². The fourth-order valence-electron chi connectivity index (χ4n) is 2.32. The van der Waals surface area contributed by atoms with Crippen molar-refractivity contribution in [3.8, 4) is 11.5 Å². The van der Waals surface area contributed by atoms with Gasteiger partial charge in [-0.3, -0.25) is 0 Å². The van der Waals surface area contributed by atoms with Gasteiger partial charge in [0.15, 0.2) is 11.5 Å². The zero-order valence-electron chi connectivity index (χ0n) is 10.7. The SMILES string of the molecule is COc1cc(CO)ccc1OCC1(O)CCCC1. The molecule has 0 saturated heterocycles. The molecule has 1 aliphatic rings. The van der Waals surface area contributed by atoms with Crippen molar-refractivity contribution in [3.05, 3.63) is 23.8 Å². The van der Waals surface area contributed by atoms with Gasteiger partial charge < -0.3 is 19.7 Å². The van der Waals surface area contributed by atoms with Crippen molar-refractivity contribution in [1.82, 2.24) is 0 Å². The summed E-state index contributed by atoms with van der Waals surface area (Å²) in [4.78, 5) is 0. The molecule has 0 bridgehead atoms. The molecule has 0 aromatic heterocycles. The number of methoxy groups -OCH3 is 1. The van der Waals surface area contributed by atoms with Crippen molar-refractivity contribution in [2.75, 3.05) is 13.7 Å². The van der Waals surface area contributed by atoms with Gasteiger partial charge >= 0.3 is 0 Å². The second kappa shape index (κ2) is 5.59.